The first-order valence-corrected chi connectivity index (χ1v) is 23.2. The van der Waals surface area contributed by atoms with Crippen LogP contribution in [0.1, 0.15) is 31.7 Å². The van der Waals surface area contributed by atoms with Crippen LogP contribution >= 0.6 is 20.0 Å². The van der Waals surface area contributed by atoms with E-state index in [2.05, 4.69) is 32.6 Å². The van der Waals surface area contributed by atoms with Gasteiger partial charge in [0.1, 0.15) is 12.1 Å². The molecule has 1 fully saturated rings. The molecule has 1 heterocycles. The predicted molar refractivity (Wildman–Crippen MR) is 248 cm³/mol. The van der Waals surface area contributed by atoms with E-state index < -0.39 is 8.38 Å². The fourth-order valence-corrected chi connectivity index (χ4v) is 5.65. The van der Waals surface area contributed by atoms with Crippen LogP contribution in [0.3, 0.4) is 0 Å². The van der Waals surface area contributed by atoms with Gasteiger partial charge in [0.25, 0.3) is 0 Å². The maximum atomic E-state index is 9.30. The van der Waals surface area contributed by atoms with Crippen molar-refractivity contribution in [3.05, 3.63) is 51.9 Å². The Morgan fingerprint density at radius 3 is 1.98 bits per heavy atom. The fraction of sp³-hybridized carbons (Fsp3) is 0.732. The molecule has 0 spiro atoms. The number of aliphatic imine (C=N–C) groups is 2. The van der Waals surface area contributed by atoms with Crippen LogP contribution in [0, 0.1) is 0 Å². The molecule has 1 aromatic rings. The van der Waals surface area contributed by atoms with E-state index in [4.69, 9.17) is 80.3 Å². The molecule has 373 valence electrons. The molecule has 1 aliphatic heterocycles. The van der Waals surface area contributed by atoms with Crippen molar-refractivity contribution in [2.24, 2.45) is 26.7 Å². The van der Waals surface area contributed by atoms with E-state index >= 15 is 0 Å². The van der Waals surface area contributed by atoms with Crippen LogP contribution < -0.4 is 16.9 Å². The number of amidine groups is 1. The van der Waals surface area contributed by atoms with Gasteiger partial charge in [0.15, 0.2) is 8.38 Å². The molecule has 0 bridgehead atoms. The Bertz CT molecular complexity index is 1380. The zero-order chi connectivity index (χ0) is 46.7. The minimum absolute atomic E-state index is 0. The molecule has 2 atom stereocenters. The number of hydrazone groups is 1. The number of halogens is 1. The second-order valence-electron chi connectivity index (χ2n) is 13.6. The zero-order valence-electron chi connectivity index (χ0n) is 38.5. The fourth-order valence-electron chi connectivity index (χ4n) is 5.18. The van der Waals surface area contributed by atoms with Crippen molar-refractivity contribution in [2.75, 3.05) is 152 Å². The first-order chi connectivity index (χ1) is 31.2. The summed E-state index contributed by atoms with van der Waals surface area (Å²) in [5, 5.41) is 22.1. The van der Waals surface area contributed by atoms with Gasteiger partial charge in [-0.3, -0.25) is 4.99 Å². The quantitative estimate of drug-likeness (QED) is 0.0138. The van der Waals surface area contributed by atoms with Crippen LogP contribution in [0.25, 0.3) is 5.32 Å². The first-order valence-electron chi connectivity index (χ1n) is 21.4. The van der Waals surface area contributed by atoms with Gasteiger partial charge in [-0.25, -0.2) is 0 Å². The molecule has 1 radical (unpaired) electrons. The molecule has 65 heavy (non-hydrogen) atoms. The molecular formula is C41H75ClN8O13PY-. The zero-order valence-corrected chi connectivity index (χ0v) is 43.0. The van der Waals surface area contributed by atoms with Gasteiger partial charge in [-0.1, -0.05) is 49.6 Å². The van der Waals surface area contributed by atoms with Gasteiger partial charge in [0.05, 0.1) is 125 Å². The van der Waals surface area contributed by atoms with Crippen molar-refractivity contribution in [1.82, 2.24) is 10.4 Å². The Hall–Kier alpha value is -1.41. The minimum atomic E-state index is -2.04. The Morgan fingerprint density at radius 1 is 0.877 bits per heavy atom. The summed E-state index contributed by atoms with van der Waals surface area (Å²) >= 11 is 6.13. The monoisotopic (exact) mass is 1040 g/mol. The summed E-state index contributed by atoms with van der Waals surface area (Å²) in [5.74, 6) is 5.84. The largest absolute Gasteiger partial charge is 0.469 e. The Balaban J connectivity index is 0.00000150. The third kappa shape index (κ3) is 38.2. The van der Waals surface area contributed by atoms with Crippen molar-refractivity contribution < 1.29 is 95.1 Å². The van der Waals surface area contributed by atoms with Gasteiger partial charge < -0.3 is 89.6 Å². The van der Waals surface area contributed by atoms with Crippen LogP contribution in [-0.2, 0) is 86.6 Å². The van der Waals surface area contributed by atoms with E-state index in [1.54, 1.807) is 13.3 Å². The summed E-state index contributed by atoms with van der Waals surface area (Å²) in [6.07, 6.45) is 4.88. The molecule has 1 aliphatic rings. The van der Waals surface area contributed by atoms with Gasteiger partial charge in [-0.05, 0) is 42.7 Å². The van der Waals surface area contributed by atoms with Gasteiger partial charge in [-0.15, -0.1) is 0 Å². The number of hydrogen-bond donors (Lipinski definition) is 6. The van der Waals surface area contributed by atoms with Crippen LogP contribution in [-0.4, -0.2) is 203 Å². The standard InChI is InChI=1S/C29H51ClN4O8.C12H24N4O5P.Y/c1-2-9-35-12-15-38-18-19-39-17-14-37-11-8-33-25-28(34-31)26-42-23-22-41-21-20-40-16-13-36-10-7-32-24-27-5-3-4-6-29(27)30;1-14-12(9(5-13)6-16(2)17)15-11-4-3-10(21-11)7-20-8-22(18)19;/h3-6,25,32H,2,7-24,26,31H2,1H3;5,10-11,17-19H,3-4,6-8,13H2,1-2H3;/q;-1;/b33-25?,34-28+;9-5-;. The number of likely N-dealkylation sites (N-methyl/N-ethyl adjacent to an activating group) is 2. The third-order valence-electron chi connectivity index (χ3n) is 8.26. The van der Waals surface area contributed by atoms with Crippen molar-refractivity contribution in [2.45, 2.75) is 45.1 Å². The van der Waals surface area contributed by atoms with E-state index in [0.717, 1.165) is 48.2 Å². The molecule has 0 aromatic heterocycles. The number of nitrogens with two attached hydrogens (primary N) is 2. The predicted octanol–water partition coefficient (Wildman–Crippen LogP) is 2.68. The summed E-state index contributed by atoms with van der Waals surface area (Å²) in [5.41, 5.74) is 7.76. The first kappa shape index (κ1) is 63.6. The number of benzene rings is 1. The molecule has 1 saturated heterocycles. The second-order valence-corrected chi connectivity index (χ2v) is 15.0. The van der Waals surface area contributed by atoms with E-state index in [0.29, 0.717) is 129 Å². The summed E-state index contributed by atoms with van der Waals surface area (Å²) < 4.78 is 54.6. The Kier molecular flexibility index (Phi) is 45.3. The van der Waals surface area contributed by atoms with Crippen molar-refractivity contribution in [1.29, 1.82) is 0 Å². The van der Waals surface area contributed by atoms with E-state index in [1.165, 1.54) is 13.2 Å². The maximum absolute atomic E-state index is 9.30. The molecule has 1 aromatic carbocycles. The SMILES string of the molecule is CCCOCCOCCOCCOCCN=C/C(COCCOCCOCCOCCNCc1ccccc1Cl)=N\N.C[N-]C(=N\C1CCC(COCP(O)O)O1)/C(=C\N)CN(C)O.[Y]. The molecule has 2 rings (SSSR count). The summed E-state index contributed by atoms with van der Waals surface area (Å²) in [6.45, 7) is 12.8. The van der Waals surface area contributed by atoms with E-state index in [9.17, 15) is 5.21 Å². The van der Waals surface area contributed by atoms with Gasteiger partial charge in [0, 0.05) is 77.2 Å². The van der Waals surface area contributed by atoms with Crippen molar-refractivity contribution in [3.8, 4) is 0 Å². The minimum Gasteiger partial charge on any atom is -0.469 e. The maximum Gasteiger partial charge on any atom is 0.192 e. The van der Waals surface area contributed by atoms with Crippen LogP contribution in [0.2, 0.25) is 5.02 Å². The number of rotatable bonds is 39. The molecule has 0 amide bonds. The molecule has 0 aliphatic carbocycles. The Labute approximate surface area is 417 Å². The Morgan fingerprint density at radius 2 is 1.45 bits per heavy atom. The van der Waals surface area contributed by atoms with Crippen LogP contribution in [0.15, 0.2) is 51.1 Å². The number of hydrogen-bond acceptors (Lipinski definition) is 20. The summed E-state index contributed by atoms with van der Waals surface area (Å²) in [6, 6.07) is 7.79. The summed E-state index contributed by atoms with van der Waals surface area (Å²) in [4.78, 5) is 26.2. The van der Waals surface area contributed by atoms with Gasteiger partial charge >= 0.3 is 0 Å². The molecule has 2 unspecified atom stereocenters. The van der Waals surface area contributed by atoms with Gasteiger partial charge in [0.2, 0.25) is 0 Å². The molecule has 24 heteroatoms. The number of nitrogens with one attached hydrogen (secondary N) is 1. The molecular weight excluding hydrogens is 968 g/mol. The topological polar surface area (TPSA) is 271 Å². The van der Waals surface area contributed by atoms with Crippen LogP contribution in [0.5, 0.6) is 0 Å². The average molecular weight is 1040 g/mol. The molecule has 0 saturated carbocycles. The number of hydroxylamine groups is 2. The van der Waals surface area contributed by atoms with Gasteiger partial charge in [-0.2, -0.15) is 10.2 Å². The second kappa shape index (κ2) is 46.3. The normalized spacial score (nSPS) is 15.8. The van der Waals surface area contributed by atoms with Crippen LogP contribution in [0.4, 0.5) is 0 Å². The van der Waals surface area contributed by atoms with Crippen molar-refractivity contribution in [3.63, 3.8) is 0 Å². The average Bonchev–Trinajstić information content (AvgIpc) is 3.74. The smallest absolute Gasteiger partial charge is 0.192 e. The van der Waals surface area contributed by atoms with E-state index in [1.807, 2.05) is 24.3 Å². The summed E-state index contributed by atoms with van der Waals surface area (Å²) in [7, 11) is 1.07. The number of nitrogens with zero attached hydrogens (tertiary/aromatic N) is 5. The molecule has 8 N–H and O–H groups in total. The number of ether oxygens (including phenoxy) is 10. The van der Waals surface area contributed by atoms with Crippen molar-refractivity contribution >= 4 is 37.7 Å². The molecule has 21 nitrogen and oxygen atoms in total. The van der Waals surface area contributed by atoms with E-state index in [-0.39, 0.29) is 64.5 Å². The third-order valence-corrected chi connectivity index (χ3v) is 9.04.